The molecule has 0 aromatic heterocycles. The number of nitrogens with one attached hydrogen (secondary N) is 1. The molecule has 13 heavy (non-hydrogen) atoms. The van der Waals surface area contributed by atoms with Crippen molar-refractivity contribution in [3.8, 4) is 0 Å². The first-order chi connectivity index (χ1) is 6.26. The van der Waals surface area contributed by atoms with Crippen molar-refractivity contribution in [2.24, 2.45) is 5.92 Å². The van der Waals surface area contributed by atoms with E-state index < -0.39 is 0 Å². The van der Waals surface area contributed by atoms with Crippen LogP contribution in [0, 0.1) is 5.92 Å². The molecule has 1 unspecified atom stereocenters. The van der Waals surface area contributed by atoms with Crippen LogP contribution < -0.4 is 5.32 Å². The maximum absolute atomic E-state index is 3.57. The molecule has 0 bridgehead atoms. The minimum absolute atomic E-state index is 0.265. The Morgan fingerprint density at radius 3 is 2.23 bits per heavy atom. The van der Waals surface area contributed by atoms with E-state index >= 15 is 0 Å². The third-order valence-electron chi connectivity index (χ3n) is 3.23. The number of rotatable bonds is 2. The van der Waals surface area contributed by atoms with Gasteiger partial charge in [0.25, 0.3) is 0 Å². The summed E-state index contributed by atoms with van der Waals surface area (Å²) in [5, 5.41) is 3.57. The minimum Gasteiger partial charge on any atom is -0.307 e. The van der Waals surface area contributed by atoms with E-state index in [-0.39, 0.29) is 5.54 Å². The molecular weight excluding hydrogens is 158 g/mol. The van der Waals surface area contributed by atoms with Crippen molar-refractivity contribution in [1.29, 1.82) is 0 Å². The number of hydrogen-bond donors (Lipinski definition) is 1. The summed E-state index contributed by atoms with van der Waals surface area (Å²) < 4.78 is 0. The molecule has 1 aromatic carbocycles. The van der Waals surface area contributed by atoms with Crippen molar-refractivity contribution in [2.45, 2.75) is 25.8 Å². The molecule has 0 radical (unpaired) electrons. The SMILES string of the molecule is CC(C)C1(c2ccccc2)CCN1. The highest BCUT2D eigenvalue weighted by molar-refractivity contribution is 5.27. The van der Waals surface area contributed by atoms with Crippen LogP contribution in [0.5, 0.6) is 0 Å². The van der Waals surface area contributed by atoms with Crippen LogP contribution in [-0.4, -0.2) is 6.54 Å². The van der Waals surface area contributed by atoms with Gasteiger partial charge in [0.15, 0.2) is 0 Å². The molecule has 1 nitrogen and oxygen atoms in total. The molecule has 0 spiro atoms. The van der Waals surface area contributed by atoms with E-state index in [9.17, 15) is 0 Å². The van der Waals surface area contributed by atoms with Crippen molar-refractivity contribution in [3.63, 3.8) is 0 Å². The van der Waals surface area contributed by atoms with E-state index in [0.29, 0.717) is 5.92 Å². The van der Waals surface area contributed by atoms with Gasteiger partial charge in [-0.25, -0.2) is 0 Å². The van der Waals surface area contributed by atoms with Crippen LogP contribution in [0.3, 0.4) is 0 Å². The molecule has 1 fully saturated rings. The smallest absolute Gasteiger partial charge is 0.0470 e. The predicted molar refractivity (Wildman–Crippen MR) is 55.6 cm³/mol. The molecule has 1 aliphatic heterocycles. The zero-order valence-electron chi connectivity index (χ0n) is 8.38. The molecule has 1 heteroatoms. The second-order valence-corrected chi connectivity index (χ2v) is 4.17. The first-order valence-corrected chi connectivity index (χ1v) is 5.06. The molecule has 1 N–H and O–H groups in total. The Morgan fingerprint density at radius 2 is 1.85 bits per heavy atom. The van der Waals surface area contributed by atoms with Crippen molar-refractivity contribution < 1.29 is 0 Å². The normalized spacial score (nSPS) is 27.3. The highest BCUT2D eigenvalue weighted by Crippen LogP contribution is 2.37. The van der Waals surface area contributed by atoms with Crippen LogP contribution >= 0.6 is 0 Å². The zero-order chi connectivity index (χ0) is 9.31. The maximum atomic E-state index is 3.57. The van der Waals surface area contributed by atoms with Crippen LogP contribution in [0.15, 0.2) is 30.3 Å². The predicted octanol–water partition coefficient (Wildman–Crippen LogP) is 2.53. The summed E-state index contributed by atoms with van der Waals surface area (Å²) in [6.45, 7) is 5.74. The third-order valence-corrected chi connectivity index (χ3v) is 3.23. The summed E-state index contributed by atoms with van der Waals surface area (Å²) in [4.78, 5) is 0. The highest BCUT2D eigenvalue weighted by atomic mass is 15.1. The fraction of sp³-hybridized carbons (Fsp3) is 0.500. The highest BCUT2D eigenvalue weighted by Gasteiger charge is 2.40. The average molecular weight is 175 g/mol. The van der Waals surface area contributed by atoms with Gasteiger partial charge in [-0.05, 0) is 24.4 Å². The average Bonchev–Trinajstić information content (AvgIpc) is 2.03. The van der Waals surface area contributed by atoms with Crippen LogP contribution in [-0.2, 0) is 5.54 Å². The Kier molecular flexibility index (Phi) is 2.12. The van der Waals surface area contributed by atoms with Crippen LogP contribution in [0.25, 0.3) is 0 Å². The second-order valence-electron chi connectivity index (χ2n) is 4.17. The zero-order valence-corrected chi connectivity index (χ0v) is 8.38. The van der Waals surface area contributed by atoms with Gasteiger partial charge in [-0.3, -0.25) is 0 Å². The summed E-state index contributed by atoms with van der Waals surface area (Å²) in [5.41, 5.74) is 1.71. The number of benzene rings is 1. The van der Waals surface area contributed by atoms with Crippen LogP contribution in [0.4, 0.5) is 0 Å². The van der Waals surface area contributed by atoms with Crippen LogP contribution in [0.2, 0.25) is 0 Å². The summed E-state index contributed by atoms with van der Waals surface area (Å²) in [7, 11) is 0. The summed E-state index contributed by atoms with van der Waals surface area (Å²) >= 11 is 0. The molecular formula is C12H17N. The van der Waals surface area contributed by atoms with E-state index in [1.807, 2.05) is 0 Å². The van der Waals surface area contributed by atoms with E-state index in [1.54, 1.807) is 0 Å². The molecule has 1 heterocycles. The van der Waals surface area contributed by atoms with Gasteiger partial charge in [0.1, 0.15) is 0 Å². The lowest BCUT2D eigenvalue weighted by molar-refractivity contribution is 0.139. The quantitative estimate of drug-likeness (QED) is 0.728. The Balaban J connectivity index is 2.32. The largest absolute Gasteiger partial charge is 0.307 e. The van der Waals surface area contributed by atoms with Gasteiger partial charge in [0.2, 0.25) is 0 Å². The fourth-order valence-corrected chi connectivity index (χ4v) is 2.20. The van der Waals surface area contributed by atoms with Gasteiger partial charge in [0, 0.05) is 5.54 Å². The maximum Gasteiger partial charge on any atom is 0.0470 e. The van der Waals surface area contributed by atoms with E-state index in [1.165, 1.54) is 12.0 Å². The van der Waals surface area contributed by atoms with Gasteiger partial charge in [-0.2, -0.15) is 0 Å². The summed E-state index contributed by atoms with van der Waals surface area (Å²) in [5.74, 6) is 0.670. The molecule has 2 rings (SSSR count). The Bertz CT molecular complexity index is 272. The van der Waals surface area contributed by atoms with Crippen molar-refractivity contribution >= 4 is 0 Å². The molecule has 0 amide bonds. The van der Waals surface area contributed by atoms with Gasteiger partial charge in [-0.15, -0.1) is 0 Å². The lowest BCUT2D eigenvalue weighted by Gasteiger charge is -2.47. The summed E-state index contributed by atoms with van der Waals surface area (Å²) in [6, 6.07) is 10.8. The summed E-state index contributed by atoms with van der Waals surface area (Å²) in [6.07, 6.45) is 1.27. The van der Waals surface area contributed by atoms with Crippen LogP contribution in [0.1, 0.15) is 25.8 Å². The Labute approximate surface area is 80.2 Å². The Morgan fingerprint density at radius 1 is 1.23 bits per heavy atom. The third kappa shape index (κ3) is 1.28. The topological polar surface area (TPSA) is 12.0 Å². The van der Waals surface area contributed by atoms with E-state index in [4.69, 9.17) is 0 Å². The molecule has 1 atom stereocenters. The molecule has 1 aromatic rings. The first-order valence-electron chi connectivity index (χ1n) is 5.06. The lowest BCUT2D eigenvalue weighted by atomic mass is 9.72. The monoisotopic (exact) mass is 175 g/mol. The first kappa shape index (κ1) is 8.76. The van der Waals surface area contributed by atoms with Gasteiger partial charge >= 0.3 is 0 Å². The standard InChI is InChI=1S/C12H17N/c1-10(2)12(8-9-13-12)11-6-4-3-5-7-11/h3-7,10,13H,8-9H2,1-2H3. The second kappa shape index (κ2) is 3.15. The molecule has 70 valence electrons. The van der Waals surface area contributed by atoms with Crippen molar-refractivity contribution in [1.82, 2.24) is 5.32 Å². The molecule has 1 saturated heterocycles. The van der Waals surface area contributed by atoms with Gasteiger partial charge < -0.3 is 5.32 Å². The fourth-order valence-electron chi connectivity index (χ4n) is 2.20. The van der Waals surface area contributed by atoms with Gasteiger partial charge in [0.05, 0.1) is 0 Å². The van der Waals surface area contributed by atoms with E-state index in [0.717, 1.165) is 6.54 Å². The van der Waals surface area contributed by atoms with Crippen molar-refractivity contribution in [3.05, 3.63) is 35.9 Å². The molecule has 0 aliphatic carbocycles. The minimum atomic E-state index is 0.265. The van der Waals surface area contributed by atoms with Gasteiger partial charge in [-0.1, -0.05) is 44.2 Å². The Hall–Kier alpha value is -0.820. The number of hydrogen-bond acceptors (Lipinski definition) is 1. The molecule has 0 saturated carbocycles. The lowest BCUT2D eigenvalue weighted by Crippen LogP contribution is -2.57. The van der Waals surface area contributed by atoms with E-state index in [2.05, 4.69) is 49.5 Å². The van der Waals surface area contributed by atoms with Crippen molar-refractivity contribution in [2.75, 3.05) is 6.54 Å². The molecule has 1 aliphatic rings.